The second-order valence-electron chi connectivity index (χ2n) is 9.70. The van der Waals surface area contributed by atoms with E-state index in [2.05, 4.69) is 5.32 Å². The summed E-state index contributed by atoms with van der Waals surface area (Å²) in [5, 5.41) is 2.76. The molecule has 2 heterocycles. The number of primary amides is 1. The zero-order valence-corrected chi connectivity index (χ0v) is 22.7. The lowest BCUT2D eigenvalue weighted by Gasteiger charge is -2.28. The average molecular weight is 596 g/mol. The minimum Gasteiger partial charge on any atom is -0.491 e. The van der Waals surface area contributed by atoms with E-state index in [1.54, 1.807) is 6.92 Å². The lowest BCUT2D eigenvalue weighted by molar-refractivity contribution is -0.181. The maximum absolute atomic E-state index is 14.3. The first-order valence-electron chi connectivity index (χ1n) is 12.5. The molecule has 1 aromatic heterocycles. The van der Waals surface area contributed by atoms with E-state index in [9.17, 15) is 31.9 Å². The second-order valence-corrected chi connectivity index (χ2v) is 10.1. The van der Waals surface area contributed by atoms with Crippen LogP contribution in [0.5, 0.6) is 5.75 Å². The molecule has 3 atom stereocenters. The largest absolute Gasteiger partial charge is 0.491 e. The normalized spacial score (nSPS) is 16.3. The summed E-state index contributed by atoms with van der Waals surface area (Å²) in [5.41, 5.74) is 4.96. The van der Waals surface area contributed by atoms with Crippen LogP contribution >= 0.6 is 11.6 Å². The van der Waals surface area contributed by atoms with Gasteiger partial charge in [-0.15, -0.1) is 0 Å². The van der Waals surface area contributed by atoms with E-state index in [1.165, 1.54) is 43.6 Å². The van der Waals surface area contributed by atoms with Crippen molar-refractivity contribution in [3.8, 4) is 16.9 Å². The first-order chi connectivity index (χ1) is 19.3. The van der Waals surface area contributed by atoms with Crippen LogP contribution in [0.3, 0.4) is 0 Å². The molecule has 13 heteroatoms. The number of amides is 2. The molecule has 41 heavy (non-hydrogen) atoms. The first kappa shape index (κ1) is 30.1. The van der Waals surface area contributed by atoms with Crippen LogP contribution in [0.15, 0.2) is 53.5 Å². The van der Waals surface area contributed by atoms with Gasteiger partial charge in [-0.2, -0.15) is 13.2 Å². The molecule has 218 valence electrons. The number of nitrogens with two attached hydrogens (primary N) is 1. The van der Waals surface area contributed by atoms with Gasteiger partial charge in [-0.3, -0.25) is 19.0 Å². The number of carbonyl (C=O) groups is 2. The zero-order valence-electron chi connectivity index (χ0n) is 21.9. The first-order valence-corrected chi connectivity index (χ1v) is 12.8. The third-order valence-electron chi connectivity index (χ3n) is 6.87. The Morgan fingerprint density at radius 2 is 1.93 bits per heavy atom. The van der Waals surface area contributed by atoms with Crippen LogP contribution in [-0.4, -0.2) is 42.4 Å². The molecule has 8 nitrogen and oxygen atoms in total. The molecule has 0 saturated carbocycles. The van der Waals surface area contributed by atoms with E-state index < -0.39 is 54.0 Å². The van der Waals surface area contributed by atoms with E-state index in [1.807, 2.05) is 0 Å². The van der Waals surface area contributed by atoms with Crippen molar-refractivity contribution in [2.45, 2.75) is 38.1 Å². The van der Waals surface area contributed by atoms with Crippen LogP contribution in [0.2, 0.25) is 5.02 Å². The number of pyridine rings is 1. The van der Waals surface area contributed by atoms with E-state index in [0.29, 0.717) is 11.1 Å². The monoisotopic (exact) mass is 595 g/mol. The van der Waals surface area contributed by atoms with Crippen molar-refractivity contribution >= 4 is 29.1 Å². The van der Waals surface area contributed by atoms with Crippen LogP contribution in [0.25, 0.3) is 11.1 Å². The Morgan fingerprint density at radius 3 is 2.56 bits per heavy atom. The molecule has 1 aliphatic rings. The predicted octanol–water partition coefficient (Wildman–Crippen LogP) is 5.12. The average Bonchev–Trinajstić information content (AvgIpc) is 2.88. The molecule has 0 spiro atoms. The van der Waals surface area contributed by atoms with Crippen molar-refractivity contribution in [1.29, 1.82) is 0 Å². The fourth-order valence-corrected chi connectivity index (χ4v) is 4.75. The Bertz CT molecular complexity index is 1540. The van der Waals surface area contributed by atoms with Gasteiger partial charge in [0, 0.05) is 35.9 Å². The Kier molecular flexibility index (Phi) is 8.74. The van der Waals surface area contributed by atoms with Gasteiger partial charge in [0.15, 0.2) is 0 Å². The van der Waals surface area contributed by atoms with Gasteiger partial charge < -0.3 is 20.5 Å². The standard InChI is InChI=1S/C28H26ClF4N3O5/c1-14(40-2)7-23(27(39)35-18-5-6-19(26(34)38)22(30)10-18)36-12-24-21(11-25(36)37)20-9-17(29)4-3-15(20)8-16(13-41-24)28(31,32)33/h3-6,9-12,14,16,23H,7-8,13H2,1-2H3,(H2,34,38)(H,35,39). The molecule has 0 aliphatic carbocycles. The predicted molar refractivity (Wildman–Crippen MR) is 144 cm³/mol. The van der Waals surface area contributed by atoms with E-state index in [-0.39, 0.29) is 40.4 Å². The third-order valence-corrected chi connectivity index (χ3v) is 7.11. The fourth-order valence-electron chi connectivity index (χ4n) is 4.58. The lowest BCUT2D eigenvalue weighted by Crippen LogP contribution is -2.36. The molecule has 0 saturated heterocycles. The SMILES string of the molecule is COC(C)CC(C(=O)Nc1ccc(C(N)=O)c(F)c1)n1cc2c(cc1=O)-c1cc(Cl)ccc1CC(C(F)(F)F)CO2. The summed E-state index contributed by atoms with van der Waals surface area (Å²) in [4.78, 5) is 38.2. The molecule has 0 bridgehead atoms. The van der Waals surface area contributed by atoms with Crippen molar-refractivity contribution in [1.82, 2.24) is 4.57 Å². The van der Waals surface area contributed by atoms with Crippen molar-refractivity contribution in [2.75, 3.05) is 19.0 Å². The van der Waals surface area contributed by atoms with Crippen LogP contribution in [-0.2, 0) is 16.0 Å². The topological polar surface area (TPSA) is 113 Å². The zero-order chi connectivity index (χ0) is 30.1. The number of rotatable bonds is 7. The summed E-state index contributed by atoms with van der Waals surface area (Å²) in [6, 6.07) is 7.62. The van der Waals surface area contributed by atoms with Gasteiger partial charge in [-0.25, -0.2) is 4.39 Å². The third kappa shape index (κ3) is 6.71. The Hall–Kier alpha value is -3.90. The van der Waals surface area contributed by atoms with E-state index in [4.69, 9.17) is 26.8 Å². The highest BCUT2D eigenvalue weighted by atomic mass is 35.5. The summed E-state index contributed by atoms with van der Waals surface area (Å²) in [6.45, 7) is 0.941. The summed E-state index contributed by atoms with van der Waals surface area (Å²) >= 11 is 6.15. The van der Waals surface area contributed by atoms with Crippen molar-refractivity contribution in [3.05, 3.63) is 81.0 Å². The number of alkyl halides is 3. The number of hydrogen-bond acceptors (Lipinski definition) is 5. The highest BCUT2D eigenvalue weighted by Crippen LogP contribution is 2.40. The van der Waals surface area contributed by atoms with Crippen LogP contribution in [0, 0.1) is 11.7 Å². The molecule has 4 rings (SSSR count). The van der Waals surface area contributed by atoms with E-state index in [0.717, 1.165) is 16.7 Å². The molecule has 3 N–H and O–H groups in total. The highest BCUT2D eigenvalue weighted by Gasteiger charge is 2.41. The maximum atomic E-state index is 14.3. The molecule has 3 aromatic rings. The number of hydrogen-bond donors (Lipinski definition) is 2. The Morgan fingerprint density at radius 1 is 1.20 bits per heavy atom. The van der Waals surface area contributed by atoms with Crippen LogP contribution < -0.4 is 21.3 Å². The summed E-state index contributed by atoms with van der Waals surface area (Å²) < 4.78 is 67.6. The van der Waals surface area contributed by atoms with Crippen molar-refractivity contribution < 1.29 is 36.6 Å². The molecule has 2 amide bonds. The summed E-state index contributed by atoms with van der Waals surface area (Å²) in [7, 11) is 1.40. The van der Waals surface area contributed by atoms with Gasteiger partial charge in [0.05, 0.1) is 23.8 Å². The van der Waals surface area contributed by atoms with Crippen molar-refractivity contribution in [2.24, 2.45) is 11.7 Å². The highest BCUT2D eigenvalue weighted by molar-refractivity contribution is 6.30. The molecular weight excluding hydrogens is 570 g/mol. The number of halogens is 5. The number of anilines is 1. The summed E-state index contributed by atoms with van der Waals surface area (Å²) in [6.07, 6.45) is -4.32. The fraction of sp³-hybridized carbons (Fsp3) is 0.321. The summed E-state index contributed by atoms with van der Waals surface area (Å²) in [5.74, 6) is -4.58. The molecular formula is C28H26ClF4N3O5. The Balaban J connectivity index is 1.78. The number of ether oxygens (including phenoxy) is 2. The maximum Gasteiger partial charge on any atom is 0.395 e. The molecule has 0 radical (unpaired) electrons. The number of carbonyl (C=O) groups excluding carboxylic acids is 2. The van der Waals surface area contributed by atoms with Gasteiger partial charge in [0.2, 0.25) is 5.91 Å². The van der Waals surface area contributed by atoms with Crippen LogP contribution in [0.1, 0.15) is 35.3 Å². The van der Waals surface area contributed by atoms with Gasteiger partial charge >= 0.3 is 6.18 Å². The lowest BCUT2D eigenvalue weighted by atomic mass is 9.91. The molecule has 3 unspecified atom stereocenters. The van der Waals surface area contributed by atoms with Gasteiger partial charge in [-0.1, -0.05) is 17.7 Å². The number of nitrogens with zero attached hydrogens (tertiary/aromatic N) is 1. The van der Waals surface area contributed by atoms with Gasteiger partial charge in [-0.05, 0) is 54.8 Å². The Labute approximate surface area is 237 Å². The second kappa shape index (κ2) is 11.9. The smallest absolute Gasteiger partial charge is 0.395 e. The molecule has 1 aliphatic heterocycles. The number of nitrogens with one attached hydrogen (secondary N) is 1. The molecule has 2 aromatic carbocycles. The minimum atomic E-state index is -4.56. The number of fused-ring (bicyclic) bond motifs is 3. The molecule has 0 fully saturated rings. The number of methoxy groups -OCH3 is 1. The van der Waals surface area contributed by atoms with Crippen molar-refractivity contribution in [3.63, 3.8) is 0 Å². The van der Waals surface area contributed by atoms with E-state index >= 15 is 0 Å². The number of aromatic nitrogens is 1. The van der Waals surface area contributed by atoms with Gasteiger partial charge in [0.25, 0.3) is 11.5 Å². The quantitative estimate of drug-likeness (QED) is 0.368. The van der Waals surface area contributed by atoms with Gasteiger partial charge in [0.1, 0.15) is 24.2 Å². The number of benzene rings is 2. The minimum absolute atomic E-state index is 0.0142. The van der Waals surface area contributed by atoms with Crippen LogP contribution in [0.4, 0.5) is 23.2 Å².